The van der Waals surface area contributed by atoms with Crippen LogP contribution in [0, 0.1) is 5.82 Å². The van der Waals surface area contributed by atoms with E-state index in [1.165, 1.54) is 12.1 Å². The van der Waals surface area contributed by atoms with Gasteiger partial charge in [0.2, 0.25) is 0 Å². The number of hydrogen-bond donors (Lipinski definition) is 3. The Morgan fingerprint density at radius 3 is 2.81 bits per heavy atom. The van der Waals surface area contributed by atoms with E-state index in [4.69, 9.17) is 0 Å². The molecular weight excluding hydrogens is 397 g/mol. The lowest BCUT2D eigenvalue weighted by Gasteiger charge is -2.09. The molecule has 26 heavy (non-hydrogen) atoms. The molecule has 0 atom stereocenters. The van der Waals surface area contributed by atoms with Crippen molar-refractivity contribution in [3.05, 3.63) is 81.8 Å². The van der Waals surface area contributed by atoms with E-state index in [9.17, 15) is 9.18 Å². The number of aromatic nitrogens is 1. The monoisotopic (exact) mass is 411 g/mol. The molecule has 2 aromatic carbocycles. The van der Waals surface area contributed by atoms with Crippen molar-refractivity contribution < 1.29 is 9.18 Å². The third kappa shape index (κ3) is 3.41. The molecule has 4 rings (SSSR count). The Morgan fingerprint density at radius 1 is 1.15 bits per heavy atom. The van der Waals surface area contributed by atoms with E-state index in [-0.39, 0.29) is 11.7 Å². The SMILES string of the molecule is O=C1Nc2ccc(NCc3cc(F)cc(Br)c3)cc2/C1=C/c1ccc[nH]1. The second-order valence-electron chi connectivity index (χ2n) is 6.03. The van der Waals surface area contributed by atoms with Crippen molar-refractivity contribution in [2.24, 2.45) is 0 Å². The molecule has 130 valence electrons. The van der Waals surface area contributed by atoms with Crippen LogP contribution in [0.3, 0.4) is 0 Å². The maximum atomic E-state index is 13.5. The van der Waals surface area contributed by atoms with Crippen LogP contribution in [0.5, 0.6) is 0 Å². The average Bonchev–Trinajstić information content (AvgIpc) is 3.21. The number of benzene rings is 2. The molecule has 6 heteroatoms. The second kappa shape index (κ2) is 6.80. The Morgan fingerprint density at radius 2 is 2.04 bits per heavy atom. The van der Waals surface area contributed by atoms with E-state index >= 15 is 0 Å². The Hall–Kier alpha value is -2.86. The molecule has 0 unspecified atom stereocenters. The Balaban J connectivity index is 1.59. The van der Waals surface area contributed by atoms with Crippen LogP contribution in [0.1, 0.15) is 16.8 Å². The Bertz CT molecular complexity index is 992. The zero-order chi connectivity index (χ0) is 18.1. The second-order valence-corrected chi connectivity index (χ2v) is 6.94. The number of rotatable bonds is 4. The predicted octanol–water partition coefficient (Wildman–Crippen LogP) is 5.02. The third-order valence-electron chi connectivity index (χ3n) is 4.14. The van der Waals surface area contributed by atoms with Gasteiger partial charge in [0.15, 0.2) is 0 Å². The summed E-state index contributed by atoms with van der Waals surface area (Å²) in [4.78, 5) is 15.3. The summed E-state index contributed by atoms with van der Waals surface area (Å²) in [5.74, 6) is -0.406. The number of anilines is 2. The van der Waals surface area contributed by atoms with Crippen LogP contribution in [0.25, 0.3) is 11.6 Å². The smallest absolute Gasteiger partial charge is 0.256 e. The van der Waals surface area contributed by atoms with Crippen molar-refractivity contribution in [2.45, 2.75) is 6.54 Å². The first-order chi connectivity index (χ1) is 12.6. The van der Waals surface area contributed by atoms with Crippen LogP contribution in [0.4, 0.5) is 15.8 Å². The van der Waals surface area contributed by atoms with E-state index in [0.29, 0.717) is 16.6 Å². The molecule has 0 aliphatic carbocycles. The van der Waals surface area contributed by atoms with Crippen molar-refractivity contribution >= 4 is 44.9 Å². The van der Waals surface area contributed by atoms with Crippen molar-refractivity contribution in [1.29, 1.82) is 0 Å². The van der Waals surface area contributed by atoms with E-state index in [1.807, 2.05) is 48.7 Å². The molecule has 3 aromatic rings. The van der Waals surface area contributed by atoms with Gasteiger partial charge in [0, 0.05) is 39.8 Å². The fraction of sp³-hybridized carbons (Fsp3) is 0.0500. The fourth-order valence-corrected chi connectivity index (χ4v) is 3.46. The third-order valence-corrected chi connectivity index (χ3v) is 4.60. The lowest BCUT2D eigenvalue weighted by molar-refractivity contribution is -0.110. The van der Waals surface area contributed by atoms with Crippen LogP contribution in [-0.2, 0) is 11.3 Å². The molecule has 1 amide bonds. The summed E-state index contributed by atoms with van der Waals surface area (Å²) in [5, 5.41) is 6.15. The van der Waals surface area contributed by atoms with Gasteiger partial charge in [0.25, 0.3) is 5.91 Å². The van der Waals surface area contributed by atoms with Crippen molar-refractivity contribution in [3.63, 3.8) is 0 Å². The highest BCUT2D eigenvalue weighted by Gasteiger charge is 2.24. The standard InChI is InChI=1S/C20H15BrFN3O/c21-13-6-12(7-14(22)8-13)11-24-16-3-4-19-17(9-16)18(20(26)25-19)10-15-2-1-5-23-15/h1-10,23-24H,11H2,(H,25,26)/b18-10-. The quantitative estimate of drug-likeness (QED) is 0.527. The number of halogens is 2. The lowest BCUT2D eigenvalue weighted by atomic mass is 10.1. The first-order valence-electron chi connectivity index (χ1n) is 8.08. The summed E-state index contributed by atoms with van der Waals surface area (Å²) in [6.45, 7) is 0.478. The van der Waals surface area contributed by atoms with Crippen molar-refractivity contribution in [1.82, 2.24) is 4.98 Å². The number of carbonyl (C=O) groups is 1. The van der Waals surface area contributed by atoms with Crippen LogP contribution in [0.2, 0.25) is 0 Å². The number of fused-ring (bicyclic) bond motifs is 1. The number of amides is 1. The van der Waals surface area contributed by atoms with Crippen LogP contribution in [0.15, 0.2) is 59.2 Å². The van der Waals surface area contributed by atoms with E-state index in [0.717, 1.165) is 28.2 Å². The number of hydrogen-bond acceptors (Lipinski definition) is 2. The first kappa shape index (κ1) is 16.6. The molecular formula is C20H15BrFN3O. The Kier molecular flexibility index (Phi) is 4.34. The molecule has 1 aromatic heterocycles. The topological polar surface area (TPSA) is 56.9 Å². The fourth-order valence-electron chi connectivity index (χ4n) is 2.95. The maximum absolute atomic E-state index is 13.5. The zero-order valence-corrected chi connectivity index (χ0v) is 15.2. The first-order valence-corrected chi connectivity index (χ1v) is 8.87. The minimum Gasteiger partial charge on any atom is -0.381 e. The van der Waals surface area contributed by atoms with Gasteiger partial charge >= 0.3 is 0 Å². The molecule has 0 bridgehead atoms. The molecule has 0 saturated carbocycles. The molecule has 1 aliphatic rings. The number of nitrogens with one attached hydrogen (secondary N) is 3. The predicted molar refractivity (Wildman–Crippen MR) is 105 cm³/mol. The van der Waals surface area contributed by atoms with Crippen LogP contribution < -0.4 is 10.6 Å². The molecule has 0 spiro atoms. The normalized spacial score (nSPS) is 14.4. The highest BCUT2D eigenvalue weighted by molar-refractivity contribution is 9.10. The number of aromatic amines is 1. The van der Waals surface area contributed by atoms with E-state index in [2.05, 4.69) is 31.5 Å². The highest BCUT2D eigenvalue weighted by Crippen LogP contribution is 2.35. The van der Waals surface area contributed by atoms with Gasteiger partial charge in [-0.3, -0.25) is 4.79 Å². The molecule has 1 aliphatic heterocycles. The molecule has 0 radical (unpaired) electrons. The van der Waals surface area contributed by atoms with Gasteiger partial charge < -0.3 is 15.6 Å². The summed E-state index contributed by atoms with van der Waals surface area (Å²) in [6, 6.07) is 14.3. The maximum Gasteiger partial charge on any atom is 0.256 e. The van der Waals surface area contributed by atoms with Crippen molar-refractivity contribution in [3.8, 4) is 0 Å². The lowest BCUT2D eigenvalue weighted by Crippen LogP contribution is -2.03. The van der Waals surface area contributed by atoms with Gasteiger partial charge in [-0.2, -0.15) is 0 Å². The van der Waals surface area contributed by atoms with Crippen LogP contribution >= 0.6 is 15.9 Å². The van der Waals surface area contributed by atoms with Gasteiger partial charge in [-0.1, -0.05) is 15.9 Å². The zero-order valence-electron chi connectivity index (χ0n) is 13.6. The van der Waals surface area contributed by atoms with Gasteiger partial charge in [-0.15, -0.1) is 0 Å². The van der Waals surface area contributed by atoms with Crippen molar-refractivity contribution in [2.75, 3.05) is 10.6 Å². The minimum atomic E-state index is -0.281. The molecule has 2 heterocycles. The van der Waals surface area contributed by atoms with Gasteiger partial charge in [0.05, 0.1) is 5.57 Å². The van der Waals surface area contributed by atoms with Crippen LogP contribution in [-0.4, -0.2) is 10.9 Å². The van der Waals surface area contributed by atoms with Gasteiger partial charge in [-0.05, 0) is 60.2 Å². The van der Waals surface area contributed by atoms with E-state index in [1.54, 1.807) is 0 Å². The number of carbonyl (C=O) groups excluding carboxylic acids is 1. The largest absolute Gasteiger partial charge is 0.381 e. The molecule has 3 N–H and O–H groups in total. The van der Waals surface area contributed by atoms with Gasteiger partial charge in [-0.25, -0.2) is 4.39 Å². The summed E-state index contributed by atoms with van der Waals surface area (Å²) >= 11 is 3.30. The summed E-state index contributed by atoms with van der Waals surface area (Å²) in [6.07, 6.45) is 3.64. The van der Waals surface area contributed by atoms with E-state index < -0.39 is 0 Å². The minimum absolute atomic E-state index is 0.124. The summed E-state index contributed by atoms with van der Waals surface area (Å²) in [5.41, 5.74) is 4.79. The molecule has 4 nitrogen and oxygen atoms in total. The Labute approximate surface area is 158 Å². The van der Waals surface area contributed by atoms with Gasteiger partial charge in [0.1, 0.15) is 5.82 Å². The molecule has 0 saturated heterocycles. The number of H-pyrrole nitrogens is 1. The highest BCUT2D eigenvalue weighted by atomic mass is 79.9. The summed E-state index contributed by atoms with van der Waals surface area (Å²) in [7, 11) is 0. The average molecular weight is 412 g/mol. The summed E-state index contributed by atoms with van der Waals surface area (Å²) < 4.78 is 14.2. The molecule has 0 fully saturated rings.